The van der Waals surface area contributed by atoms with Gasteiger partial charge in [0.25, 0.3) is 0 Å². The molecule has 0 saturated heterocycles. The monoisotopic (exact) mass is 512 g/mol. The van der Waals surface area contributed by atoms with Crippen molar-refractivity contribution in [2.24, 2.45) is 10.8 Å². The summed E-state index contributed by atoms with van der Waals surface area (Å²) in [4.78, 5) is 0. The molecule has 0 spiro atoms. The van der Waals surface area contributed by atoms with Gasteiger partial charge in [-0.3, -0.25) is 0 Å². The quantitative estimate of drug-likeness (QED) is 0.250. The van der Waals surface area contributed by atoms with Gasteiger partial charge in [-0.1, -0.05) is 99.5 Å². The third-order valence-electron chi connectivity index (χ3n) is 9.92. The molecule has 0 nitrogen and oxygen atoms in total. The molecule has 0 bridgehead atoms. The maximum absolute atomic E-state index is 2.56. The Bertz CT molecular complexity index is 1470. The van der Waals surface area contributed by atoms with Crippen LogP contribution in [-0.2, 0) is 0 Å². The third kappa shape index (κ3) is 4.02. The molecule has 2 aliphatic carbocycles. The summed E-state index contributed by atoms with van der Waals surface area (Å²) in [5.41, 5.74) is 20.2. The van der Waals surface area contributed by atoms with Gasteiger partial charge in [-0.15, -0.1) is 0 Å². The number of fused-ring (bicyclic) bond motifs is 6. The van der Waals surface area contributed by atoms with E-state index in [1.807, 2.05) is 0 Å². The largest absolute Gasteiger partial charge is 0.0593 e. The molecule has 2 unspecified atom stereocenters. The Balaban J connectivity index is 1.61. The van der Waals surface area contributed by atoms with Crippen LogP contribution in [0.5, 0.6) is 0 Å². The first-order chi connectivity index (χ1) is 18.3. The minimum Gasteiger partial charge on any atom is -0.0593 e. The van der Waals surface area contributed by atoms with Crippen LogP contribution in [0.2, 0.25) is 0 Å². The molecule has 2 atom stereocenters. The summed E-state index contributed by atoms with van der Waals surface area (Å²) in [7, 11) is 0. The van der Waals surface area contributed by atoms with Crippen molar-refractivity contribution in [2.45, 2.75) is 87.5 Å². The molecule has 0 heterocycles. The summed E-state index contributed by atoms with van der Waals surface area (Å²) in [6.07, 6.45) is 1.23. The van der Waals surface area contributed by atoms with Crippen LogP contribution in [0.25, 0.3) is 33.4 Å². The van der Waals surface area contributed by atoms with Crippen LogP contribution >= 0.6 is 0 Å². The fourth-order valence-corrected chi connectivity index (χ4v) is 9.21. The number of rotatable bonds is 2. The first kappa shape index (κ1) is 26.1. The van der Waals surface area contributed by atoms with E-state index in [0.717, 1.165) is 0 Å². The van der Waals surface area contributed by atoms with Crippen LogP contribution in [0, 0.1) is 52.4 Å². The van der Waals surface area contributed by atoms with Crippen molar-refractivity contribution in [3.8, 4) is 33.4 Å². The molecule has 4 aromatic carbocycles. The van der Waals surface area contributed by atoms with Gasteiger partial charge >= 0.3 is 0 Å². The fraction of sp³-hybridized carbons (Fsp3) is 0.385. The lowest BCUT2D eigenvalue weighted by Crippen LogP contribution is -2.26. The van der Waals surface area contributed by atoms with Gasteiger partial charge in [0, 0.05) is 0 Å². The SMILES string of the molecule is Cc1cc(C)c(-c2ccc3c(c2)C2C(c4cc(-c5c(C)cc(C)cc5C)ccc4-3)C(C)(C)CC2(C)C)c(C)c1. The van der Waals surface area contributed by atoms with Gasteiger partial charge in [-0.2, -0.15) is 0 Å². The lowest BCUT2D eigenvalue weighted by molar-refractivity contribution is 0.289. The van der Waals surface area contributed by atoms with Crippen molar-refractivity contribution in [1.29, 1.82) is 0 Å². The second-order valence-corrected chi connectivity index (χ2v) is 14.3. The third-order valence-corrected chi connectivity index (χ3v) is 9.92. The number of aryl methyl sites for hydroxylation is 6. The highest BCUT2D eigenvalue weighted by Crippen LogP contribution is 2.69. The van der Waals surface area contributed by atoms with Gasteiger partial charge in [-0.25, -0.2) is 0 Å². The van der Waals surface area contributed by atoms with Crippen molar-refractivity contribution in [3.63, 3.8) is 0 Å². The summed E-state index contributed by atoms with van der Waals surface area (Å²) >= 11 is 0. The highest BCUT2D eigenvalue weighted by Gasteiger charge is 2.56. The topological polar surface area (TPSA) is 0 Å². The average molecular weight is 513 g/mol. The molecule has 200 valence electrons. The molecule has 0 N–H and O–H groups in total. The summed E-state index contributed by atoms with van der Waals surface area (Å²) in [6, 6.07) is 24.1. The highest BCUT2D eigenvalue weighted by molar-refractivity contribution is 5.84. The van der Waals surface area contributed by atoms with Gasteiger partial charge in [0.15, 0.2) is 0 Å². The molecule has 0 aromatic heterocycles. The number of benzene rings is 4. The van der Waals surface area contributed by atoms with Crippen LogP contribution < -0.4 is 0 Å². The Hall–Kier alpha value is -3.12. The van der Waals surface area contributed by atoms with Crippen molar-refractivity contribution in [3.05, 3.63) is 105 Å². The minimum absolute atomic E-state index is 0.224. The van der Waals surface area contributed by atoms with Crippen molar-refractivity contribution in [2.75, 3.05) is 0 Å². The summed E-state index contributed by atoms with van der Waals surface area (Å²) in [5, 5.41) is 0. The van der Waals surface area contributed by atoms with E-state index in [0.29, 0.717) is 11.8 Å². The maximum atomic E-state index is 2.56. The zero-order chi connectivity index (χ0) is 28.0. The molecular formula is C39H44. The summed E-state index contributed by atoms with van der Waals surface area (Å²) < 4.78 is 0. The van der Waals surface area contributed by atoms with Crippen molar-refractivity contribution < 1.29 is 0 Å². The molecule has 1 fully saturated rings. The molecular weight excluding hydrogens is 468 g/mol. The molecule has 0 heteroatoms. The minimum atomic E-state index is 0.224. The van der Waals surface area contributed by atoms with E-state index < -0.39 is 0 Å². The van der Waals surface area contributed by atoms with E-state index in [-0.39, 0.29) is 10.8 Å². The van der Waals surface area contributed by atoms with Crippen molar-refractivity contribution >= 4 is 0 Å². The Labute approximate surface area is 236 Å². The Kier molecular flexibility index (Phi) is 5.82. The predicted molar refractivity (Wildman–Crippen MR) is 169 cm³/mol. The lowest BCUT2D eigenvalue weighted by Gasteiger charge is -2.40. The molecule has 2 aliphatic rings. The maximum Gasteiger partial charge on any atom is -0.00298 e. The van der Waals surface area contributed by atoms with Gasteiger partial charge < -0.3 is 0 Å². The summed E-state index contributed by atoms with van der Waals surface area (Å²) in [5.74, 6) is 0.993. The van der Waals surface area contributed by atoms with Gasteiger partial charge in [0.2, 0.25) is 0 Å². The van der Waals surface area contributed by atoms with E-state index in [4.69, 9.17) is 0 Å². The fourth-order valence-electron chi connectivity index (χ4n) is 9.21. The van der Waals surface area contributed by atoms with Crippen LogP contribution in [0.3, 0.4) is 0 Å². The van der Waals surface area contributed by atoms with Gasteiger partial charge in [0.1, 0.15) is 0 Å². The Morgan fingerprint density at radius 1 is 0.487 bits per heavy atom. The second kappa shape index (κ2) is 8.69. The summed E-state index contributed by atoms with van der Waals surface area (Å²) in [6.45, 7) is 23.5. The molecule has 0 aliphatic heterocycles. The standard InChI is InChI=1S/C39H44/c1-22-15-24(3)34(25(4)16-22)28-11-13-30-31-14-12-29(35-26(5)17-23(2)18-27(35)6)20-33(31)37-36(32(30)19-28)38(7,8)21-39(37,9)10/h11-20,36-37H,21H2,1-10H3. The van der Waals surface area contributed by atoms with E-state index in [2.05, 4.69) is 130 Å². The molecule has 1 saturated carbocycles. The van der Waals surface area contributed by atoms with Crippen LogP contribution in [0.1, 0.15) is 90.5 Å². The first-order valence-corrected chi connectivity index (χ1v) is 14.7. The normalized spacial score (nSPS) is 20.4. The molecule has 0 amide bonds. The smallest absolute Gasteiger partial charge is 0.00298 e. The van der Waals surface area contributed by atoms with Gasteiger partial charge in [-0.05, 0) is 137 Å². The van der Waals surface area contributed by atoms with E-state index >= 15 is 0 Å². The van der Waals surface area contributed by atoms with Gasteiger partial charge in [0.05, 0.1) is 0 Å². The zero-order valence-electron chi connectivity index (χ0n) is 25.6. The van der Waals surface area contributed by atoms with E-state index in [1.165, 1.54) is 73.2 Å². The van der Waals surface area contributed by atoms with E-state index in [1.54, 1.807) is 11.1 Å². The average Bonchev–Trinajstić information content (AvgIpc) is 3.01. The Morgan fingerprint density at radius 3 is 1.15 bits per heavy atom. The number of hydrogen-bond acceptors (Lipinski definition) is 0. The van der Waals surface area contributed by atoms with Crippen LogP contribution in [0.4, 0.5) is 0 Å². The number of hydrogen-bond donors (Lipinski definition) is 0. The molecule has 4 aromatic rings. The highest BCUT2D eigenvalue weighted by atomic mass is 14.6. The van der Waals surface area contributed by atoms with Crippen LogP contribution in [-0.4, -0.2) is 0 Å². The molecule has 6 rings (SSSR count). The second-order valence-electron chi connectivity index (χ2n) is 14.3. The van der Waals surface area contributed by atoms with Crippen molar-refractivity contribution in [1.82, 2.24) is 0 Å². The molecule has 0 radical (unpaired) electrons. The first-order valence-electron chi connectivity index (χ1n) is 14.7. The zero-order valence-corrected chi connectivity index (χ0v) is 25.6. The van der Waals surface area contributed by atoms with Crippen LogP contribution in [0.15, 0.2) is 60.7 Å². The Morgan fingerprint density at radius 2 is 0.821 bits per heavy atom. The predicted octanol–water partition coefficient (Wildman–Crippen LogP) is 11.2. The van der Waals surface area contributed by atoms with E-state index in [9.17, 15) is 0 Å². The molecule has 39 heavy (non-hydrogen) atoms. The lowest BCUT2D eigenvalue weighted by atomic mass is 9.63.